The molecule has 0 atom stereocenters. The minimum Gasteiger partial charge on any atom is -0.258 e. The van der Waals surface area contributed by atoms with Crippen LogP contribution in [0.5, 0.6) is 0 Å². The van der Waals surface area contributed by atoms with Gasteiger partial charge in [-0.05, 0) is 19.1 Å². The average Bonchev–Trinajstić information content (AvgIpc) is 2.71. The predicted octanol–water partition coefficient (Wildman–Crippen LogP) is 2.09. The van der Waals surface area contributed by atoms with E-state index in [1.165, 1.54) is 6.07 Å². The first-order chi connectivity index (χ1) is 7.18. The van der Waals surface area contributed by atoms with E-state index in [-0.39, 0.29) is 10.6 Å². The van der Waals surface area contributed by atoms with Crippen LogP contribution in [-0.4, -0.2) is 14.7 Å². The topological polar surface area (TPSA) is 61.0 Å². The highest BCUT2D eigenvalue weighted by Crippen LogP contribution is 2.20. The lowest BCUT2D eigenvalue weighted by atomic mass is 10.2. The quantitative estimate of drug-likeness (QED) is 0.554. The van der Waals surface area contributed by atoms with Crippen molar-refractivity contribution in [3.63, 3.8) is 0 Å². The zero-order valence-electron chi connectivity index (χ0n) is 8.12. The molecule has 0 aliphatic carbocycles. The summed E-state index contributed by atoms with van der Waals surface area (Å²) in [6.07, 6.45) is 3.38. The number of aryl methyl sites for hydroxylation is 1. The van der Waals surface area contributed by atoms with Crippen molar-refractivity contribution in [3.05, 3.63) is 52.3 Å². The van der Waals surface area contributed by atoms with Crippen LogP contribution in [0.4, 0.5) is 5.69 Å². The van der Waals surface area contributed by atoms with Crippen LogP contribution in [-0.2, 0) is 0 Å². The molecule has 0 aliphatic heterocycles. The van der Waals surface area contributed by atoms with Crippen LogP contribution in [0.1, 0.15) is 5.56 Å². The molecule has 0 saturated heterocycles. The maximum absolute atomic E-state index is 10.7. The summed E-state index contributed by atoms with van der Waals surface area (Å²) >= 11 is 0. The third-order valence-corrected chi connectivity index (χ3v) is 2.16. The van der Waals surface area contributed by atoms with E-state index in [9.17, 15) is 10.1 Å². The highest BCUT2D eigenvalue weighted by molar-refractivity contribution is 5.48. The van der Waals surface area contributed by atoms with Gasteiger partial charge >= 0.3 is 0 Å². The van der Waals surface area contributed by atoms with Gasteiger partial charge in [0.2, 0.25) is 0 Å². The van der Waals surface area contributed by atoms with E-state index in [0.717, 1.165) is 0 Å². The molecule has 1 heterocycles. The second-order valence-electron chi connectivity index (χ2n) is 3.18. The largest absolute Gasteiger partial charge is 0.274 e. The molecule has 0 spiro atoms. The Morgan fingerprint density at radius 1 is 1.47 bits per heavy atom. The van der Waals surface area contributed by atoms with E-state index < -0.39 is 0 Å². The van der Waals surface area contributed by atoms with Crippen molar-refractivity contribution in [3.8, 4) is 5.69 Å². The summed E-state index contributed by atoms with van der Waals surface area (Å²) in [7, 11) is 0. The van der Waals surface area contributed by atoms with Gasteiger partial charge in [0.1, 0.15) is 0 Å². The first-order valence-corrected chi connectivity index (χ1v) is 4.43. The number of nitro groups is 1. The fourth-order valence-electron chi connectivity index (χ4n) is 1.36. The summed E-state index contributed by atoms with van der Waals surface area (Å²) in [5.74, 6) is 0. The summed E-state index contributed by atoms with van der Waals surface area (Å²) in [4.78, 5) is 10.3. The maximum Gasteiger partial charge on any atom is 0.274 e. The van der Waals surface area contributed by atoms with E-state index in [2.05, 4.69) is 5.10 Å². The Morgan fingerprint density at radius 3 is 2.87 bits per heavy atom. The van der Waals surface area contributed by atoms with Gasteiger partial charge in [-0.25, -0.2) is 4.68 Å². The number of nitro benzene ring substituents is 1. The van der Waals surface area contributed by atoms with Gasteiger partial charge in [-0.3, -0.25) is 10.1 Å². The van der Waals surface area contributed by atoms with Crippen LogP contribution >= 0.6 is 0 Å². The molecule has 2 aromatic rings. The molecule has 0 aliphatic rings. The third-order valence-electron chi connectivity index (χ3n) is 2.16. The molecule has 5 nitrogen and oxygen atoms in total. The molecule has 1 aromatic heterocycles. The fourth-order valence-corrected chi connectivity index (χ4v) is 1.36. The van der Waals surface area contributed by atoms with Crippen molar-refractivity contribution in [2.45, 2.75) is 6.92 Å². The maximum atomic E-state index is 10.7. The van der Waals surface area contributed by atoms with Gasteiger partial charge in [0.05, 0.1) is 10.6 Å². The molecular weight excluding hydrogens is 194 g/mol. The van der Waals surface area contributed by atoms with Crippen molar-refractivity contribution in [2.24, 2.45) is 0 Å². The first-order valence-electron chi connectivity index (χ1n) is 4.43. The molecule has 76 valence electrons. The Labute approximate surface area is 86.1 Å². The summed E-state index contributed by atoms with van der Waals surface area (Å²) < 4.78 is 1.59. The molecule has 0 amide bonds. The second kappa shape index (κ2) is 3.53. The van der Waals surface area contributed by atoms with Gasteiger partial charge in [-0.15, -0.1) is 0 Å². The van der Waals surface area contributed by atoms with Crippen LogP contribution < -0.4 is 0 Å². The second-order valence-corrected chi connectivity index (χ2v) is 3.18. The smallest absolute Gasteiger partial charge is 0.258 e. The number of hydrogen-bond donors (Lipinski definition) is 0. The number of aromatic nitrogens is 2. The summed E-state index contributed by atoms with van der Waals surface area (Å²) in [6, 6.07) is 6.80. The summed E-state index contributed by atoms with van der Waals surface area (Å²) in [6.45, 7) is 1.71. The van der Waals surface area contributed by atoms with Gasteiger partial charge in [0.15, 0.2) is 0 Å². The lowest BCUT2D eigenvalue weighted by Crippen LogP contribution is -1.97. The number of rotatable bonds is 2. The Bertz CT molecular complexity index is 491. The van der Waals surface area contributed by atoms with Crippen molar-refractivity contribution >= 4 is 5.69 Å². The first kappa shape index (κ1) is 9.39. The van der Waals surface area contributed by atoms with Crippen molar-refractivity contribution in [2.75, 3.05) is 0 Å². The monoisotopic (exact) mass is 203 g/mol. The van der Waals surface area contributed by atoms with Gasteiger partial charge in [-0.2, -0.15) is 5.10 Å². The van der Waals surface area contributed by atoms with E-state index in [0.29, 0.717) is 11.3 Å². The van der Waals surface area contributed by atoms with Crippen molar-refractivity contribution < 1.29 is 4.92 Å². The summed E-state index contributed by atoms with van der Waals surface area (Å²) in [5, 5.41) is 14.7. The molecular formula is C10H9N3O2. The van der Waals surface area contributed by atoms with E-state index in [4.69, 9.17) is 0 Å². The van der Waals surface area contributed by atoms with Crippen LogP contribution in [0, 0.1) is 17.0 Å². The molecule has 0 N–H and O–H groups in total. The number of nitrogens with zero attached hydrogens (tertiary/aromatic N) is 3. The van der Waals surface area contributed by atoms with Gasteiger partial charge in [0.25, 0.3) is 5.69 Å². The van der Waals surface area contributed by atoms with Crippen LogP contribution in [0.15, 0.2) is 36.7 Å². The van der Waals surface area contributed by atoms with E-state index >= 15 is 0 Å². The SMILES string of the molecule is Cc1ccc(-n2cccn2)cc1[N+](=O)[O-]. The van der Waals surface area contributed by atoms with Gasteiger partial charge < -0.3 is 0 Å². The van der Waals surface area contributed by atoms with Crippen LogP contribution in [0.2, 0.25) is 0 Å². The number of benzene rings is 1. The summed E-state index contributed by atoms with van der Waals surface area (Å²) in [5.41, 5.74) is 1.45. The molecule has 15 heavy (non-hydrogen) atoms. The Balaban J connectivity index is 2.52. The fraction of sp³-hybridized carbons (Fsp3) is 0.100. The van der Waals surface area contributed by atoms with E-state index in [1.807, 2.05) is 0 Å². The highest BCUT2D eigenvalue weighted by atomic mass is 16.6. The minimum atomic E-state index is -0.387. The van der Waals surface area contributed by atoms with Gasteiger partial charge in [-0.1, -0.05) is 6.07 Å². The molecule has 0 bridgehead atoms. The lowest BCUT2D eigenvalue weighted by molar-refractivity contribution is -0.385. The lowest BCUT2D eigenvalue weighted by Gasteiger charge is -2.02. The standard InChI is InChI=1S/C10H9N3O2/c1-8-3-4-9(7-10(8)13(14)15)12-6-2-5-11-12/h2-7H,1H3. The molecule has 0 saturated carbocycles. The third kappa shape index (κ3) is 1.71. The zero-order valence-corrected chi connectivity index (χ0v) is 8.12. The van der Waals surface area contributed by atoms with Crippen molar-refractivity contribution in [1.29, 1.82) is 0 Å². The Kier molecular flexibility index (Phi) is 2.21. The molecule has 0 radical (unpaired) electrons. The van der Waals surface area contributed by atoms with Crippen molar-refractivity contribution in [1.82, 2.24) is 9.78 Å². The minimum absolute atomic E-state index is 0.114. The molecule has 1 aromatic carbocycles. The number of hydrogen-bond acceptors (Lipinski definition) is 3. The van der Waals surface area contributed by atoms with Gasteiger partial charge in [0, 0.05) is 24.0 Å². The molecule has 0 fully saturated rings. The van der Waals surface area contributed by atoms with Crippen LogP contribution in [0.25, 0.3) is 5.69 Å². The zero-order chi connectivity index (χ0) is 10.8. The molecule has 0 unspecified atom stereocenters. The average molecular weight is 203 g/mol. The normalized spacial score (nSPS) is 10.2. The van der Waals surface area contributed by atoms with E-state index in [1.54, 1.807) is 42.2 Å². The molecule has 5 heteroatoms. The Morgan fingerprint density at radius 2 is 2.27 bits per heavy atom. The van der Waals surface area contributed by atoms with Crippen LogP contribution in [0.3, 0.4) is 0 Å². The predicted molar refractivity (Wildman–Crippen MR) is 55.0 cm³/mol. The Hall–Kier alpha value is -2.17. The highest BCUT2D eigenvalue weighted by Gasteiger charge is 2.11. The molecule has 2 rings (SSSR count).